The molecule has 0 radical (unpaired) electrons. The number of carbonyl (C=O) groups excluding carboxylic acids is 1. The van der Waals surface area contributed by atoms with Crippen LogP contribution in [0.2, 0.25) is 5.02 Å². The lowest BCUT2D eigenvalue weighted by atomic mass is 10.1. The molecule has 9 heteroatoms. The fraction of sp³-hybridized carbons (Fsp3) is 0.0526. The summed E-state index contributed by atoms with van der Waals surface area (Å²) < 4.78 is 38.3. The van der Waals surface area contributed by atoms with Gasteiger partial charge in [0, 0.05) is 28.2 Å². The number of hydrogen-bond acceptors (Lipinski definition) is 4. The lowest BCUT2D eigenvalue weighted by Gasteiger charge is -2.11. The zero-order valence-electron chi connectivity index (χ0n) is 14.1. The topological polar surface area (TPSA) is 74.2 Å². The van der Waals surface area contributed by atoms with Crippen LogP contribution in [0.3, 0.4) is 0 Å². The zero-order valence-corrected chi connectivity index (χ0v) is 14.8. The molecule has 0 saturated carbocycles. The molecule has 0 bridgehead atoms. The maximum absolute atomic E-state index is 12.8. The first kappa shape index (κ1) is 19.5. The molecule has 3 aromatic rings. The number of aromatic nitrogens is 1. The summed E-state index contributed by atoms with van der Waals surface area (Å²) in [5, 5.41) is 15.5. The van der Waals surface area contributed by atoms with Crippen molar-refractivity contribution in [2.45, 2.75) is 6.18 Å². The van der Waals surface area contributed by atoms with E-state index < -0.39 is 17.8 Å². The number of rotatable bonds is 4. The van der Waals surface area contributed by atoms with E-state index in [0.717, 1.165) is 12.3 Å². The maximum Gasteiger partial charge on any atom is 0.433 e. The number of nitrogens with zero attached hydrogens (tertiary/aromatic N) is 1. The van der Waals surface area contributed by atoms with Crippen molar-refractivity contribution in [1.29, 1.82) is 0 Å². The molecule has 144 valence electrons. The lowest BCUT2D eigenvalue weighted by Crippen LogP contribution is -2.12. The Hall–Kier alpha value is -3.26. The van der Waals surface area contributed by atoms with Gasteiger partial charge in [0.05, 0.1) is 5.69 Å². The van der Waals surface area contributed by atoms with Gasteiger partial charge in [-0.3, -0.25) is 9.78 Å². The zero-order chi connectivity index (χ0) is 20.3. The van der Waals surface area contributed by atoms with E-state index >= 15 is 0 Å². The Morgan fingerprint density at radius 2 is 1.79 bits per heavy atom. The number of halogens is 4. The molecule has 0 spiro atoms. The molecule has 3 N–H and O–H groups in total. The van der Waals surface area contributed by atoms with Gasteiger partial charge in [0.1, 0.15) is 11.4 Å². The number of phenols is 1. The molecular weight excluding hydrogens is 395 g/mol. The summed E-state index contributed by atoms with van der Waals surface area (Å²) in [6.07, 6.45) is -3.51. The van der Waals surface area contributed by atoms with Gasteiger partial charge in [-0.2, -0.15) is 13.2 Å². The van der Waals surface area contributed by atoms with Gasteiger partial charge in [-0.1, -0.05) is 17.7 Å². The average Bonchev–Trinajstić information content (AvgIpc) is 2.64. The van der Waals surface area contributed by atoms with Crippen molar-refractivity contribution in [3.05, 3.63) is 77.1 Å². The van der Waals surface area contributed by atoms with E-state index in [1.54, 1.807) is 12.1 Å². The van der Waals surface area contributed by atoms with Crippen LogP contribution in [-0.2, 0) is 6.18 Å². The molecule has 0 atom stereocenters. The lowest BCUT2D eigenvalue weighted by molar-refractivity contribution is -0.141. The first-order valence-corrected chi connectivity index (χ1v) is 8.30. The van der Waals surface area contributed by atoms with Crippen LogP contribution in [0.25, 0.3) is 0 Å². The van der Waals surface area contributed by atoms with Crippen LogP contribution < -0.4 is 10.6 Å². The Morgan fingerprint density at radius 1 is 1.04 bits per heavy atom. The van der Waals surface area contributed by atoms with Crippen molar-refractivity contribution in [3.8, 4) is 5.75 Å². The summed E-state index contributed by atoms with van der Waals surface area (Å²) in [6.45, 7) is 0. The number of amides is 1. The largest absolute Gasteiger partial charge is 0.506 e. The summed E-state index contributed by atoms with van der Waals surface area (Å²) >= 11 is 5.85. The Labute approximate surface area is 162 Å². The molecule has 0 fully saturated rings. The number of aromatic hydroxyl groups is 1. The van der Waals surface area contributed by atoms with Crippen LogP contribution in [0.15, 0.2) is 60.8 Å². The SMILES string of the molecule is O=C(Nc1cc(Cl)ccc1O)c1cccc(Nc2ccnc(C(F)(F)F)c2)c1. The second kappa shape index (κ2) is 7.77. The van der Waals surface area contributed by atoms with Crippen molar-refractivity contribution >= 4 is 34.6 Å². The van der Waals surface area contributed by atoms with Gasteiger partial charge in [0.2, 0.25) is 0 Å². The van der Waals surface area contributed by atoms with Gasteiger partial charge in [-0.05, 0) is 48.5 Å². The quantitative estimate of drug-likeness (QED) is 0.502. The highest BCUT2D eigenvalue weighted by atomic mass is 35.5. The van der Waals surface area contributed by atoms with Gasteiger partial charge in [0.25, 0.3) is 5.91 Å². The highest BCUT2D eigenvalue weighted by molar-refractivity contribution is 6.31. The summed E-state index contributed by atoms with van der Waals surface area (Å²) in [6, 6.07) is 12.6. The standard InChI is InChI=1S/C19H13ClF3N3O2/c20-12-4-5-16(27)15(9-12)26-18(28)11-2-1-3-13(8-11)25-14-6-7-24-17(10-14)19(21,22)23/h1-10,27H,(H,24,25)(H,26,28). The fourth-order valence-corrected chi connectivity index (χ4v) is 2.54. The normalized spacial score (nSPS) is 11.1. The monoisotopic (exact) mass is 407 g/mol. The highest BCUT2D eigenvalue weighted by Gasteiger charge is 2.32. The second-order valence-corrected chi connectivity index (χ2v) is 6.19. The number of pyridine rings is 1. The number of benzene rings is 2. The molecule has 0 unspecified atom stereocenters. The van der Waals surface area contributed by atoms with Crippen molar-refractivity contribution in [2.75, 3.05) is 10.6 Å². The third-order valence-electron chi connectivity index (χ3n) is 3.67. The number of carbonyl (C=O) groups is 1. The minimum atomic E-state index is -4.56. The smallest absolute Gasteiger partial charge is 0.433 e. The van der Waals surface area contributed by atoms with Crippen LogP contribution in [0.5, 0.6) is 5.75 Å². The Bertz CT molecular complexity index is 1030. The average molecular weight is 408 g/mol. The third-order valence-corrected chi connectivity index (χ3v) is 3.91. The predicted octanol–water partition coefficient (Wildman–Crippen LogP) is 5.46. The number of hydrogen-bond donors (Lipinski definition) is 3. The molecule has 0 aliphatic rings. The van der Waals surface area contributed by atoms with E-state index in [0.29, 0.717) is 10.7 Å². The fourth-order valence-electron chi connectivity index (χ4n) is 2.37. The van der Waals surface area contributed by atoms with Crippen molar-refractivity contribution in [2.24, 2.45) is 0 Å². The molecule has 0 aliphatic heterocycles. The van der Waals surface area contributed by atoms with Crippen LogP contribution in [0, 0.1) is 0 Å². The second-order valence-electron chi connectivity index (χ2n) is 5.75. The molecule has 1 aromatic heterocycles. The maximum atomic E-state index is 12.8. The number of alkyl halides is 3. The van der Waals surface area contributed by atoms with E-state index in [-0.39, 0.29) is 22.7 Å². The molecule has 2 aromatic carbocycles. The summed E-state index contributed by atoms with van der Waals surface area (Å²) in [5.74, 6) is -0.671. The molecule has 0 aliphatic carbocycles. The number of anilines is 3. The molecule has 0 saturated heterocycles. The van der Waals surface area contributed by atoms with Crippen molar-refractivity contribution in [1.82, 2.24) is 4.98 Å². The minimum Gasteiger partial charge on any atom is -0.506 e. The van der Waals surface area contributed by atoms with Gasteiger partial charge in [-0.15, -0.1) is 0 Å². The first-order chi connectivity index (χ1) is 13.2. The molecule has 1 amide bonds. The Kier molecular flexibility index (Phi) is 5.41. The van der Waals surface area contributed by atoms with E-state index in [4.69, 9.17) is 11.6 Å². The van der Waals surface area contributed by atoms with Gasteiger partial charge in [-0.25, -0.2) is 0 Å². The van der Waals surface area contributed by atoms with Gasteiger partial charge >= 0.3 is 6.18 Å². The van der Waals surface area contributed by atoms with Gasteiger partial charge in [0.15, 0.2) is 0 Å². The Balaban J connectivity index is 1.79. The summed E-state index contributed by atoms with van der Waals surface area (Å²) in [7, 11) is 0. The van der Waals surface area contributed by atoms with Crippen molar-refractivity contribution < 1.29 is 23.1 Å². The van der Waals surface area contributed by atoms with E-state index in [1.807, 2.05) is 0 Å². The molecule has 3 rings (SSSR count). The van der Waals surface area contributed by atoms with Crippen LogP contribution >= 0.6 is 11.6 Å². The third kappa shape index (κ3) is 4.72. The van der Waals surface area contributed by atoms with E-state index in [9.17, 15) is 23.1 Å². The molecule has 5 nitrogen and oxygen atoms in total. The Morgan fingerprint density at radius 3 is 2.54 bits per heavy atom. The van der Waals surface area contributed by atoms with E-state index in [2.05, 4.69) is 15.6 Å². The van der Waals surface area contributed by atoms with Crippen LogP contribution in [0.1, 0.15) is 16.1 Å². The highest BCUT2D eigenvalue weighted by Crippen LogP contribution is 2.30. The molecule has 1 heterocycles. The van der Waals surface area contributed by atoms with Crippen LogP contribution in [0.4, 0.5) is 30.2 Å². The minimum absolute atomic E-state index is 0.139. The first-order valence-electron chi connectivity index (χ1n) is 7.92. The van der Waals surface area contributed by atoms with Gasteiger partial charge < -0.3 is 15.7 Å². The molecule has 28 heavy (non-hydrogen) atoms. The summed E-state index contributed by atoms with van der Waals surface area (Å²) in [4.78, 5) is 15.7. The summed E-state index contributed by atoms with van der Waals surface area (Å²) in [5.41, 5.74) is -0.0771. The van der Waals surface area contributed by atoms with Crippen molar-refractivity contribution in [3.63, 3.8) is 0 Å². The number of nitrogens with one attached hydrogen (secondary N) is 2. The van der Waals surface area contributed by atoms with E-state index in [1.165, 1.54) is 36.4 Å². The van der Waals surface area contributed by atoms with Crippen LogP contribution in [-0.4, -0.2) is 16.0 Å². The number of phenolic OH excluding ortho intramolecular Hbond substituents is 1. The molecular formula is C19H13ClF3N3O2. The predicted molar refractivity (Wildman–Crippen MR) is 100 cm³/mol.